The Bertz CT molecular complexity index is 336. The molecule has 8 heteroatoms. The Balaban J connectivity index is 2.74. The first-order chi connectivity index (χ1) is 6.43. The summed E-state index contributed by atoms with van der Waals surface area (Å²) in [6.45, 7) is 0. The average molecular weight is 273 g/mol. The van der Waals surface area contributed by atoms with Crippen LogP contribution in [0.5, 0.6) is 0 Å². The number of hydrogen-bond donors (Lipinski definition) is 1. The molecule has 14 heavy (non-hydrogen) atoms. The molecule has 0 atom stereocenters. The maximum Gasteiger partial charge on any atom is 0.436 e. The Morgan fingerprint density at radius 2 is 2.29 bits per heavy atom. The molecule has 78 valence electrons. The fraction of sp³-hybridized carbons (Fsp3) is 0.333. The van der Waals surface area contributed by atoms with E-state index in [0.717, 1.165) is 0 Å². The third-order valence-corrected chi connectivity index (χ3v) is 1.69. The molecule has 0 fully saturated rings. The van der Waals surface area contributed by atoms with Gasteiger partial charge in [0.2, 0.25) is 11.8 Å². The molecular weight excluding hydrogens is 269 g/mol. The van der Waals surface area contributed by atoms with E-state index in [2.05, 4.69) is 30.9 Å². The maximum absolute atomic E-state index is 12.0. The highest BCUT2D eigenvalue weighted by Gasteiger charge is 2.35. The highest BCUT2D eigenvalue weighted by Crippen LogP contribution is 2.29. The lowest BCUT2D eigenvalue weighted by Gasteiger charge is -1.97. The Morgan fingerprint density at radius 1 is 1.64 bits per heavy atom. The van der Waals surface area contributed by atoms with Crippen LogP contribution in [0.1, 0.15) is 5.69 Å². The number of alkyl halides is 4. The zero-order valence-electron chi connectivity index (χ0n) is 6.56. The second-order valence-corrected chi connectivity index (χ2v) is 2.82. The van der Waals surface area contributed by atoms with Gasteiger partial charge in [0.1, 0.15) is 0 Å². The summed E-state index contributed by atoms with van der Waals surface area (Å²) in [7, 11) is 0. The van der Waals surface area contributed by atoms with Gasteiger partial charge in [0.05, 0.1) is 5.33 Å². The fourth-order valence-electron chi connectivity index (χ4n) is 0.639. The number of halogens is 4. The summed E-state index contributed by atoms with van der Waals surface area (Å²) >= 11 is 2.82. The van der Waals surface area contributed by atoms with E-state index in [0.29, 0.717) is 6.07 Å². The summed E-state index contributed by atoms with van der Waals surface area (Å²) < 4.78 is 40.2. The molecule has 0 unspecified atom stereocenters. The Kier molecular flexibility index (Phi) is 3.14. The summed E-state index contributed by atoms with van der Waals surface area (Å²) in [5, 5.41) is 4.78. The number of nitrogens with zero attached hydrogens (tertiary/aromatic N) is 1. The molecule has 1 aromatic rings. The van der Waals surface area contributed by atoms with Crippen LogP contribution in [0.3, 0.4) is 0 Å². The van der Waals surface area contributed by atoms with Gasteiger partial charge in [-0.25, -0.2) is 0 Å². The molecule has 0 aromatic carbocycles. The minimum atomic E-state index is -4.57. The second kappa shape index (κ2) is 3.99. The van der Waals surface area contributed by atoms with Gasteiger partial charge in [0.15, 0.2) is 5.69 Å². The van der Waals surface area contributed by atoms with E-state index in [4.69, 9.17) is 0 Å². The van der Waals surface area contributed by atoms with Crippen LogP contribution in [0, 0.1) is 0 Å². The van der Waals surface area contributed by atoms with Crippen molar-refractivity contribution in [2.24, 2.45) is 0 Å². The number of hydrogen-bond acceptors (Lipinski definition) is 3. The van der Waals surface area contributed by atoms with Gasteiger partial charge in [-0.1, -0.05) is 21.1 Å². The molecule has 0 spiro atoms. The van der Waals surface area contributed by atoms with Crippen molar-refractivity contribution in [3.63, 3.8) is 0 Å². The van der Waals surface area contributed by atoms with Gasteiger partial charge in [-0.3, -0.25) is 10.1 Å². The van der Waals surface area contributed by atoms with Crippen molar-refractivity contribution in [3.8, 4) is 0 Å². The smallest absolute Gasteiger partial charge is 0.338 e. The predicted molar refractivity (Wildman–Crippen MR) is 43.9 cm³/mol. The molecule has 0 radical (unpaired) electrons. The number of aromatic nitrogens is 1. The molecule has 4 nitrogen and oxygen atoms in total. The Labute approximate surface area is 84.6 Å². The first kappa shape index (κ1) is 11.0. The van der Waals surface area contributed by atoms with E-state index in [9.17, 15) is 18.0 Å². The maximum atomic E-state index is 12.0. The molecule has 0 aliphatic carbocycles. The van der Waals surface area contributed by atoms with Crippen molar-refractivity contribution in [3.05, 3.63) is 11.8 Å². The zero-order valence-corrected chi connectivity index (χ0v) is 8.15. The van der Waals surface area contributed by atoms with E-state index in [1.807, 2.05) is 0 Å². The van der Waals surface area contributed by atoms with Crippen LogP contribution in [0.15, 0.2) is 10.6 Å². The largest absolute Gasteiger partial charge is 0.436 e. The third-order valence-electron chi connectivity index (χ3n) is 1.18. The van der Waals surface area contributed by atoms with Crippen molar-refractivity contribution in [1.82, 2.24) is 5.16 Å². The standard InChI is InChI=1S/C6H4BrF3N2O2/c7-2-4(13)11-5-1-3(12-14-5)6(8,9)10/h1H,2H2,(H,11,13). The molecule has 0 saturated heterocycles. The Morgan fingerprint density at radius 3 is 2.71 bits per heavy atom. The molecule has 1 amide bonds. The average Bonchev–Trinajstić information content (AvgIpc) is 2.51. The van der Waals surface area contributed by atoms with Crippen molar-refractivity contribution >= 4 is 27.7 Å². The molecule has 0 aliphatic rings. The molecule has 0 aliphatic heterocycles. The Hall–Kier alpha value is -1.05. The van der Waals surface area contributed by atoms with Gasteiger partial charge >= 0.3 is 6.18 Å². The van der Waals surface area contributed by atoms with E-state index in [-0.39, 0.29) is 11.2 Å². The van der Waals surface area contributed by atoms with Crippen molar-refractivity contribution < 1.29 is 22.5 Å². The summed E-state index contributed by atoms with van der Waals surface area (Å²) in [4.78, 5) is 10.7. The molecular formula is C6H4BrF3N2O2. The van der Waals surface area contributed by atoms with Gasteiger partial charge < -0.3 is 4.52 Å². The van der Waals surface area contributed by atoms with Gasteiger partial charge in [0, 0.05) is 6.07 Å². The molecule has 1 heterocycles. The summed E-state index contributed by atoms with van der Waals surface area (Å²) in [5.41, 5.74) is -1.18. The number of nitrogens with one attached hydrogen (secondary N) is 1. The lowest BCUT2D eigenvalue weighted by atomic mass is 10.4. The van der Waals surface area contributed by atoms with Crippen molar-refractivity contribution in [2.75, 3.05) is 10.6 Å². The van der Waals surface area contributed by atoms with Gasteiger partial charge in [0.25, 0.3) is 0 Å². The van der Waals surface area contributed by atoms with Gasteiger partial charge in [-0.2, -0.15) is 13.2 Å². The number of rotatable bonds is 2. The summed E-state index contributed by atoms with van der Waals surface area (Å²) in [5.74, 6) is -0.850. The van der Waals surface area contributed by atoms with Crippen molar-refractivity contribution in [1.29, 1.82) is 0 Å². The number of carbonyl (C=O) groups excluding carboxylic acids is 1. The van der Waals surface area contributed by atoms with Crippen LogP contribution in [0.4, 0.5) is 19.1 Å². The van der Waals surface area contributed by atoms with Crippen molar-refractivity contribution in [2.45, 2.75) is 6.18 Å². The van der Waals surface area contributed by atoms with Crippen LogP contribution >= 0.6 is 15.9 Å². The molecule has 1 N–H and O–H groups in total. The van der Waals surface area contributed by atoms with E-state index in [1.54, 1.807) is 0 Å². The zero-order chi connectivity index (χ0) is 10.8. The molecule has 0 saturated carbocycles. The van der Waals surface area contributed by atoms with Gasteiger partial charge in [-0.15, -0.1) is 0 Å². The quantitative estimate of drug-likeness (QED) is 0.839. The van der Waals surface area contributed by atoms with Crippen LogP contribution in [-0.4, -0.2) is 16.4 Å². The lowest BCUT2D eigenvalue weighted by molar-refractivity contribution is -0.142. The van der Waals surface area contributed by atoms with E-state index < -0.39 is 17.8 Å². The SMILES string of the molecule is O=C(CBr)Nc1cc(C(F)(F)F)no1. The lowest BCUT2D eigenvalue weighted by Crippen LogP contribution is -2.11. The van der Waals surface area contributed by atoms with E-state index >= 15 is 0 Å². The highest BCUT2D eigenvalue weighted by molar-refractivity contribution is 9.09. The minimum absolute atomic E-state index is 0.0327. The summed E-state index contributed by atoms with van der Waals surface area (Å²) in [6.07, 6.45) is -4.57. The third kappa shape index (κ3) is 2.72. The highest BCUT2D eigenvalue weighted by atomic mass is 79.9. The second-order valence-electron chi connectivity index (χ2n) is 2.26. The molecule has 1 rings (SSSR count). The molecule has 0 bridgehead atoms. The number of amides is 1. The predicted octanol–water partition coefficient (Wildman–Crippen LogP) is 2.03. The first-order valence-corrected chi connectivity index (χ1v) is 4.45. The number of anilines is 1. The van der Waals surface area contributed by atoms with Crippen LogP contribution in [0.2, 0.25) is 0 Å². The molecule has 1 aromatic heterocycles. The topological polar surface area (TPSA) is 55.1 Å². The van der Waals surface area contributed by atoms with Crippen LogP contribution in [0.25, 0.3) is 0 Å². The monoisotopic (exact) mass is 272 g/mol. The minimum Gasteiger partial charge on any atom is -0.338 e. The van der Waals surface area contributed by atoms with E-state index in [1.165, 1.54) is 0 Å². The van der Waals surface area contributed by atoms with Gasteiger partial charge in [-0.05, 0) is 0 Å². The number of carbonyl (C=O) groups is 1. The first-order valence-electron chi connectivity index (χ1n) is 3.33. The van der Waals surface area contributed by atoms with Crippen LogP contribution in [-0.2, 0) is 11.0 Å². The fourth-order valence-corrected chi connectivity index (χ4v) is 0.779. The van der Waals surface area contributed by atoms with Crippen LogP contribution < -0.4 is 5.32 Å². The normalized spacial score (nSPS) is 11.4. The summed E-state index contributed by atoms with van der Waals surface area (Å²) in [6, 6.07) is 0.612.